The van der Waals surface area contributed by atoms with Crippen LogP contribution in [0.5, 0.6) is 0 Å². The van der Waals surface area contributed by atoms with E-state index in [9.17, 15) is 0 Å². The maximum Gasteiger partial charge on any atom is 0.294 e. The molecule has 4 nitrogen and oxygen atoms in total. The highest BCUT2D eigenvalue weighted by molar-refractivity contribution is 5.54. The summed E-state index contributed by atoms with van der Waals surface area (Å²) in [5.41, 5.74) is 0.968. The molecule has 0 aliphatic carbocycles. The van der Waals surface area contributed by atoms with Crippen LogP contribution in [-0.2, 0) is 4.74 Å². The molecule has 0 atom stereocenters. The number of aliphatic hydroxyl groups excluding tert-OH is 1. The standard InChI is InChI=1S/C11H10N2O2/c1-15-11(14)10(8-12)3-2-9-4-6-13-7-5-9/h2-7,14H,1H3/b3-2?,11-10-. The van der Waals surface area contributed by atoms with Crippen molar-refractivity contribution in [3.05, 3.63) is 47.7 Å². The molecule has 0 spiro atoms. The van der Waals surface area contributed by atoms with Crippen LogP contribution in [0.25, 0.3) is 6.08 Å². The number of aliphatic hydroxyl groups is 1. The molecule has 0 saturated heterocycles. The van der Waals surface area contributed by atoms with Crippen LogP contribution >= 0.6 is 0 Å². The Bertz CT molecular complexity index is 416. The quantitative estimate of drug-likeness (QED) is 0.462. The monoisotopic (exact) mass is 202 g/mol. The van der Waals surface area contributed by atoms with Gasteiger partial charge >= 0.3 is 0 Å². The number of methoxy groups -OCH3 is 1. The number of aromatic nitrogens is 1. The summed E-state index contributed by atoms with van der Waals surface area (Å²) in [6.45, 7) is 0. The maximum absolute atomic E-state index is 9.17. The third-order valence-electron chi connectivity index (χ3n) is 1.69. The summed E-state index contributed by atoms with van der Waals surface area (Å²) in [4.78, 5) is 3.86. The molecule has 1 heterocycles. The van der Waals surface area contributed by atoms with E-state index in [-0.39, 0.29) is 11.5 Å². The molecule has 1 aromatic rings. The van der Waals surface area contributed by atoms with E-state index in [4.69, 9.17) is 10.4 Å². The van der Waals surface area contributed by atoms with E-state index < -0.39 is 0 Å². The number of allylic oxidation sites excluding steroid dienone is 2. The van der Waals surface area contributed by atoms with Crippen molar-refractivity contribution >= 4 is 6.08 Å². The van der Waals surface area contributed by atoms with Gasteiger partial charge in [-0.2, -0.15) is 5.26 Å². The second-order valence-electron chi connectivity index (χ2n) is 2.65. The number of nitrogens with zero attached hydrogens (tertiary/aromatic N) is 2. The van der Waals surface area contributed by atoms with Crippen LogP contribution in [0.4, 0.5) is 0 Å². The van der Waals surface area contributed by atoms with Crippen molar-refractivity contribution in [2.75, 3.05) is 7.11 Å². The van der Waals surface area contributed by atoms with Gasteiger partial charge in [0.25, 0.3) is 5.95 Å². The Labute approximate surface area is 87.8 Å². The van der Waals surface area contributed by atoms with Gasteiger partial charge in [0, 0.05) is 12.4 Å². The Morgan fingerprint density at radius 2 is 2.20 bits per heavy atom. The molecule has 0 amide bonds. The minimum atomic E-state index is -0.386. The number of hydrogen-bond donors (Lipinski definition) is 1. The van der Waals surface area contributed by atoms with Gasteiger partial charge in [0.05, 0.1) is 7.11 Å². The van der Waals surface area contributed by atoms with E-state index in [0.717, 1.165) is 5.56 Å². The number of hydrogen-bond acceptors (Lipinski definition) is 4. The Hall–Kier alpha value is -2.28. The SMILES string of the molecule is CO/C(O)=C(\C#N)C=Cc1ccncc1. The third-order valence-corrected chi connectivity index (χ3v) is 1.69. The summed E-state index contributed by atoms with van der Waals surface area (Å²) in [5.74, 6) is -0.386. The number of rotatable bonds is 3. The van der Waals surface area contributed by atoms with E-state index in [1.165, 1.54) is 13.2 Å². The number of nitriles is 1. The van der Waals surface area contributed by atoms with Crippen LogP contribution in [0.2, 0.25) is 0 Å². The molecule has 0 saturated carbocycles. The molecular weight excluding hydrogens is 192 g/mol. The zero-order chi connectivity index (χ0) is 11.1. The van der Waals surface area contributed by atoms with Gasteiger partial charge in [-0.05, 0) is 23.8 Å². The average molecular weight is 202 g/mol. The summed E-state index contributed by atoms with van der Waals surface area (Å²) in [7, 11) is 1.30. The van der Waals surface area contributed by atoms with Gasteiger partial charge in [0.15, 0.2) is 0 Å². The molecule has 1 aromatic heterocycles. The summed E-state index contributed by atoms with van der Waals surface area (Å²) in [6.07, 6.45) is 6.46. The largest absolute Gasteiger partial charge is 0.480 e. The predicted octanol–water partition coefficient (Wildman–Crippen LogP) is 2.03. The fraction of sp³-hybridized carbons (Fsp3) is 0.0909. The topological polar surface area (TPSA) is 66.1 Å². The first-order valence-corrected chi connectivity index (χ1v) is 4.23. The lowest BCUT2D eigenvalue weighted by molar-refractivity contribution is 0.134. The first-order chi connectivity index (χ1) is 7.27. The van der Waals surface area contributed by atoms with Crippen molar-refractivity contribution in [1.29, 1.82) is 5.26 Å². The lowest BCUT2D eigenvalue weighted by Gasteiger charge is -1.97. The summed E-state index contributed by atoms with van der Waals surface area (Å²) in [5, 5.41) is 17.9. The lowest BCUT2D eigenvalue weighted by atomic mass is 10.2. The fourth-order valence-corrected chi connectivity index (χ4v) is 0.920. The van der Waals surface area contributed by atoms with Crippen LogP contribution in [0.3, 0.4) is 0 Å². The van der Waals surface area contributed by atoms with Crippen molar-refractivity contribution in [2.24, 2.45) is 0 Å². The van der Waals surface area contributed by atoms with Crippen LogP contribution < -0.4 is 0 Å². The van der Waals surface area contributed by atoms with Crippen molar-refractivity contribution in [2.45, 2.75) is 0 Å². The molecule has 0 aliphatic heterocycles. The molecule has 0 fully saturated rings. The molecule has 0 aromatic carbocycles. The second-order valence-corrected chi connectivity index (χ2v) is 2.65. The molecule has 15 heavy (non-hydrogen) atoms. The smallest absolute Gasteiger partial charge is 0.294 e. The fourth-order valence-electron chi connectivity index (χ4n) is 0.920. The zero-order valence-electron chi connectivity index (χ0n) is 8.21. The molecule has 4 heteroatoms. The van der Waals surface area contributed by atoms with E-state index in [1.807, 2.05) is 6.07 Å². The number of pyridine rings is 1. The summed E-state index contributed by atoms with van der Waals surface area (Å²) >= 11 is 0. The van der Waals surface area contributed by atoms with Gasteiger partial charge in [0.2, 0.25) is 0 Å². The van der Waals surface area contributed by atoms with Crippen LogP contribution in [-0.4, -0.2) is 17.2 Å². The van der Waals surface area contributed by atoms with Gasteiger partial charge in [-0.25, -0.2) is 0 Å². The van der Waals surface area contributed by atoms with Crippen molar-refractivity contribution in [3.8, 4) is 6.07 Å². The highest BCUT2D eigenvalue weighted by Gasteiger charge is 1.99. The average Bonchev–Trinajstić information content (AvgIpc) is 2.31. The van der Waals surface area contributed by atoms with Crippen molar-refractivity contribution < 1.29 is 9.84 Å². The van der Waals surface area contributed by atoms with E-state index in [1.54, 1.807) is 30.6 Å². The first kappa shape index (κ1) is 10.8. The predicted molar refractivity (Wildman–Crippen MR) is 55.5 cm³/mol. The van der Waals surface area contributed by atoms with Crippen LogP contribution in [0, 0.1) is 11.3 Å². The lowest BCUT2D eigenvalue weighted by Crippen LogP contribution is -1.88. The zero-order valence-corrected chi connectivity index (χ0v) is 8.21. The molecular formula is C11H10N2O2. The second kappa shape index (κ2) is 5.45. The summed E-state index contributed by atoms with van der Waals surface area (Å²) in [6, 6.07) is 5.40. The Balaban J connectivity index is 2.87. The minimum absolute atomic E-state index is 0.0781. The highest BCUT2D eigenvalue weighted by atomic mass is 16.6. The summed E-state index contributed by atoms with van der Waals surface area (Å²) < 4.78 is 4.54. The molecule has 0 bridgehead atoms. The van der Waals surface area contributed by atoms with E-state index in [0.29, 0.717) is 0 Å². The molecule has 0 radical (unpaired) electrons. The Morgan fingerprint density at radius 1 is 1.53 bits per heavy atom. The number of ether oxygens (including phenoxy) is 1. The molecule has 0 unspecified atom stereocenters. The van der Waals surface area contributed by atoms with Gasteiger partial charge in [-0.15, -0.1) is 0 Å². The van der Waals surface area contributed by atoms with Gasteiger partial charge in [-0.1, -0.05) is 6.08 Å². The first-order valence-electron chi connectivity index (χ1n) is 4.23. The molecule has 1 rings (SSSR count). The Morgan fingerprint density at radius 3 is 2.73 bits per heavy atom. The van der Waals surface area contributed by atoms with E-state index >= 15 is 0 Å². The Kier molecular flexibility index (Phi) is 3.92. The minimum Gasteiger partial charge on any atom is -0.480 e. The van der Waals surface area contributed by atoms with Gasteiger partial charge in [-0.3, -0.25) is 4.98 Å². The van der Waals surface area contributed by atoms with Gasteiger partial charge < -0.3 is 9.84 Å². The van der Waals surface area contributed by atoms with E-state index in [2.05, 4.69) is 9.72 Å². The molecule has 76 valence electrons. The normalized spacial score (nSPS) is 12.0. The highest BCUT2D eigenvalue weighted by Crippen LogP contribution is 2.07. The van der Waals surface area contributed by atoms with Crippen LogP contribution in [0.15, 0.2) is 42.1 Å². The molecule has 0 aliphatic rings. The van der Waals surface area contributed by atoms with Crippen molar-refractivity contribution in [3.63, 3.8) is 0 Å². The maximum atomic E-state index is 9.17. The van der Waals surface area contributed by atoms with Crippen LogP contribution in [0.1, 0.15) is 5.56 Å². The van der Waals surface area contributed by atoms with Crippen molar-refractivity contribution in [1.82, 2.24) is 4.98 Å². The molecule has 1 N–H and O–H groups in total. The third kappa shape index (κ3) is 3.16. The van der Waals surface area contributed by atoms with Gasteiger partial charge in [0.1, 0.15) is 11.6 Å².